The molecule has 5 rings (SSSR count). The van der Waals surface area contributed by atoms with Gasteiger partial charge in [0.2, 0.25) is 11.8 Å². The average molecular weight is 657 g/mol. The zero-order valence-corrected chi connectivity index (χ0v) is 25.7. The number of benzene rings is 2. The van der Waals surface area contributed by atoms with Gasteiger partial charge in [-0.25, -0.2) is 18.2 Å². The van der Waals surface area contributed by atoms with Crippen LogP contribution in [-0.2, 0) is 45.4 Å². The van der Waals surface area contributed by atoms with Gasteiger partial charge in [-0.3, -0.25) is 23.5 Å². The van der Waals surface area contributed by atoms with Crippen LogP contribution >= 0.6 is 23.2 Å². The number of hydrogen-bond acceptors (Lipinski definition) is 7. The molecule has 0 spiro atoms. The van der Waals surface area contributed by atoms with Crippen LogP contribution in [0.2, 0.25) is 10.0 Å². The third kappa shape index (κ3) is 7.09. The molecule has 0 radical (unpaired) electrons. The second kappa shape index (κ2) is 12.8. The van der Waals surface area contributed by atoms with Gasteiger partial charge in [0, 0.05) is 42.4 Å². The molecular formula is C30H27Cl2N5O6S. The molecule has 0 bridgehead atoms. The van der Waals surface area contributed by atoms with Gasteiger partial charge < -0.3 is 10.6 Å². The van der Waals surface area contributed by atoms with Crippen molar-refractivity contribution in [3.05, 3.63) is 109 Å². The molecule has 1 unspecified atom stereocenters. The number of sulfone groups is 1. The van der Waals surface area contributed by atoms with Gasteiger partial charge in [0.15, 0.2) is 0 Å². The van der Waals surface area contributed by atoms with Crippen LogP contribution in [-0.4, -0.2) is 46.4 Å². The number of rotatable bonds is 9. The highest BCUT2D eigenvalue weighted by Gasteiger charge is 2.28. The number of fused-ring (bicyclic) bond motifs is 1. The van der Waals surface area contributed by atoms with Crippen molar-refractivity contribution in [1.82, 2.24) is 14.1 Å². The number of amides is 2. The van der Waals surface area contributed by atoms with Gasteiger partial charge in [-0.15, -0.1) is 0 Å². The SMILES string of the molecule is CS(=O)(=O)CCn1c(=O)c(-c2cccc(Cl)c2Cl)cn(CC(=O)Nc2ccc3c(c2)CC(C(=O)Nc2ccccn2)C3)c1=O. The summed E-state index contributed by atoms with van der Waals surface area (Å²) in [6, 6.07) is 15.2. The standard InChI is InChI=1S/C30H27Cl2N5O6S/c1-44(42,43)12-11-37-29(40)23(22-5-4-6-24(31)27(22)32)16-36(30(37)41)17-26(38)34-21-9-8-18-13-20(14-19(18)15-21)28(39)35-25-7-2-3-10-33-25/h2-10,15-16,20H,11-14,17H2,1H3,(H,34,38)(H,33,35,39). The maximum Gasteiger partial charge on any atom is 0.331 e. The highest BCUT2D eigenvalue weighted by molar-refractivity contribution is 7.90. The highest BCUT2D eigenvalue weighted by Crippen LogP contribution is 2.32. The van der Waals surface area contributed by atoms with Crippen molar-refractivity contribution in [3.63, 3.8) is 0 Å². The summed E-state index contributed by atoms with van der Waals surface area (Å²) in [5.74, 6) is -0.990. The number of aromatic nitrogens is 3. The molecule has 2 aromatic heterocycles. The molecule has 44 heavy (non-hydrogen) atoms. The van der Waals surface area contributed by atoms with Gasteiger partial charge in [-0.05, 0) is 54.3 Å². The maximum absolute atomic E-state index is 13.3. The largest absolute Gasteiger partial charge is 0.331 e. The lowest BCUT2D eigenvalue weighted by Gasteiger charge is -2.14. The molecule has 2 N–H and O–H groups in total. The Bertz CT molecular complexity index is 1990. The summed E-state index contributed by atoms with van der Waals surface area (Å²) in [5, 5.41) is 5.83. The van der Waals surface area contributed by atoms with E-state index in [1.54, 1.807) is 42.6 Å². The van der Waals surface area contributed by atoms with E-state index in [2.05, 4.69) is 15.6 Å². The van der Waals surface area contributed by atoms with E-state index >= 15 is 0 Å². The molecular weight excluding hydrogens is 629 g/mol. The minimum atomic E-state index is -3.52. The van der Waals surface area contributed by atoms with Gasteiger partial charge >= 0.3 is 5.69 Å². The fourth-order valence-corrected chi connectivity index (χ4v) is 5.94. The molecule has 1 aliphatic carbocycles. The van der Waals surface area contributed by atoms with Crippen LogP contribution in [0.3, 0.4) is 0 Å². The Morgan fingerprint density at radius 3 is 2.48 bits per heavy atom. The van der Waals surface area contributed by atoms with Crippen LogP contribution in [0.5, 0.6) is 0 Å². The van der Waals surface area contributed by atoms with Crippen molar-refractivity contribution in [1.29, 1.82) is 0 Å². The number of nitrogens with zero attached hydrogens (tertiary/aromatic N) is 3. The van der Waals surface area contributed by atoms with E-state index in [9.17, 15) is 27.6 Å². The second-order valence-electron chi connectivity index (χ2n) is 10.5. The number of carbonyl (C=O) groups excluding carboxylic acids is 2. The number of hydrogen-bond donors (Lipinski definition) is 2. The van der Waals surface area contributed by atoms with Crippen LogP contribution in [0.15, 0.2) is 76.6 Å². The quantitative estimate of drug-likeness (QED) is 0.281. The van der Waals surface area contributed by atoms with E-state index in [1.807, 2.05) is 6.07 Å². The Morgan fingerprint density at radius 1 is 0.977 bits per heavy atom. The number of carbonyl (C=O) groups is 2. The van der Waals surface area contributed by atoms with Gasteiger partial charge in [0.05, 0.1) is 21.4 Å². The van der Waals surface area contributed by atoms with Crippen LogP contribution in [0.1, 0.15) is 11.1 Å². The first kappa shape index (κ1) is 31.2. The topological polar surface area (TPSA) is 149 Å². The summed E-state index contributed by atoms with van der Waals surface area (Å²) in [5.41, 5.74) is 0.953. The molecule has 0 fully saturated rings. The van der Waals surface area contributed by atoms with E-state index < -0.39 is 45.8 Å². The minimum Gasteiger partial charge on any atom is -0.325 e. The molecule has 0 aliphatic heterocycles. The van der Waals surface area contributed by atoms with E-state index in [0.29, 0.717) is 24.3 Å². The van der Waals surface area contributed by atoms with Crippen molar-refractivity contribution in [2.24, 2.45) is 5.92 Å². The summed E-state index contributed by atoms with van der Waals surface area (Å²) in [7, 11) is -3.52. The molecule has 11 nitrogen and oxygen atoms in total. The second-order valence-corrected chi connectivity index (χ2v) is 13.5. The Balaban J connectivity index is 1.36. The lowest BCUT2D eigenvalue weighted by Crippen LogP contribution is -2.43. The zero-order chi connectivity index (χ0) is 31.6. The lowest BCUT2D eigenvalue weighted by molar-refractivity contribution is -0.119. The van der Waals surface area contributed by atoms with Crippen molar-refractivity contribution in [3.8, 4) is 11.1 Å². The molecule has 14 heteroatoms. The van der Waals surface area contributed by atoms with Crippen molar-refractivity contribution in [2.75, 3.05) is 22.6 Å². The van der Waals surface area contributed by atoms with E-state index in [0.717, 1.165) is 26.5 Å². The summed E-state index contributed by atoms with van der Waals surface area (Å²) < 4.78 is 25.4. The summed E-state index contributed by atoms with van der Waals surface area (Å²) in [6.45, 7) is -0.889. The Labute approximate surface area is 262 Å². The molecule has 2 amide bonds. The summed E-state index contributed by atoms with van der Waals surface area (Å²) in [4.78, 5) is 56.6. The Kier molecular flexibility index (Phi) is 9.05. The molecule has 1 atom stereocenters. The zero-order valence-electron chi connectivity index (χ0n) is 23.4. The van der Waals surface area contributed by atoms with E-state index in [4.69, 9.17) is 23.2 Å². The molecule has 0 saturated carbocycles. The summed E-state index contributed by atoms with van der Waals surface area (Å²) >= 11 is 12.5. The van der Waals surface area contributed by atoms with Crippen LogP contribution in [0, 0.1) is 5.92 Å². The molecule has 1 aliphatic rings. The molecule has 2 aromatic carbocycles. The Hall–Kier alpha value is -4.26. The van der Waals surface area contributed by atoms with E-state index in [1.165, 1.54) is 18.3 Å². The molecule has 0 saturated heterocycles. The van der Waals surface area contributed by atoms with Gasteiger partial charge in [0.1, 0.15) is 22.2 Å². The molecule has 2 heterocycles. The average Bonchev–Trinajstić information content (AvgIpc) is 3.40. The number of anilines is 2. The minimum absolute atomic E-state index is 0.0223. The first-order chi connectivity index (χ1) is 20.9. The van der Waals surface area contributed by atoms with Gasteiger partial charge in [0.25, 0.3) is 5.56 Å². The molecule has 4 aromatic rings. The van der Waals surface area contributed by atoms with Crippen LogP contribution in [0.25, 0.3) is 11.1 Å². The molecule has 228 valence electrons. The van der Waals surface area contributed by atoms with Crippen LogP contribution in [0.4, 0.5) is 11.5 Å². The number of nitrogens with one attached hydrogen (secondary N) is 2. The first-order valence-electron chi connectivity index (χ1n) is 13.5. The fourth-order valence-electron chi connectivity index (χ4n) is 5.02. The fraction of sp³-hybridized carbons (Fsp3) is 0.233. The van der Waals surface area contributed by atoms with Crippen molar-refractivity contribution >= 4 is 56.4 Å². The van der Waals surface area contributed by atoms with Gasteiger partial charge in [-0.1, -0.05) is 47.5 Å². The third-order valence-corrected chi connectivity index (χ3v) is 8.93. The van der Waals surface area contributed by atoms with Crippen molar-refractivity contribution in [2.45, 2.75) is 25.9 Å². The summed E-state index contributed by atoms with van der Waals surface area (Å²) in [6.07, 6.45) is 4.83. The van der Waals surface area contributed by atoms with E-state index in [-0.39, 0.29) is 33.0 Å². The normalized spacial score (nSPS) is 14.2. The first-order valence-corrected chi connectivity index (χ1v) is 16.3. The van der Waals surface area contributed by atoms with Crippen LogP contribution < -0.4 is 21.9 Å². The lowest BCUT2D eigenvalue weighted by atomic mass is 10.1. The number of pyridine rings is 1. The number of halogens is 2. The van der Waals surface area contributed by atoms with Gasteiger partial charge in [-0.2, -0.15) is 0 Å². The highest BCUT2D eigenvalue weighted by atomic mass is 35.5. The monoisotopic (exact) mass is 655 g/mol. The van der Waals surface area contributed by atoms with Crippen molar-refractivity contribution < 1.29 is 18.0 Å². The predicted octanol–water partition coefficient (Wildman–Crippen LogP) is 3.42. The predicted molar refractivity (Wildman–Crippen MR) is 169 cm³/mol. The smallest absolute Gasteiger partial charge is 0.325 e. The maximum atomic E-state index is 13.3. The third-order valence-electron chi connectivity index (χ3n) is 7.19. The Morgan fingerprint density at radius 2 is 1.75 bits per heavy atom.